The normalized spacial score (nSPS) is 11.4. The van der Waals surface area contributed by atoms with Crippen molar-refractivity contribution in [3.05, 3.63) is 82.1 Å². The summed E-state index contributed by atoms with van der Waals surface area (Å²) in [5.74, 6) is -0.319. The van der Waals surface area contributed by atoms with Gasteiger partial charge in [-0.15, -0.1) is 21.6 Å². The lowest BCUT2D eigenvalue weighted by Crippen LogP contribution is -2.20. The predicted molar refractivity (Wildman–Crippen MR) is 116 cm³/mol. The first-order chi connectivity index (χ1) is 15.2. The summed E-state index contributed by atoms with van der Waals surface area (Å²) < 4.78 is 2.75. The van der Waals surface area contributed by atoms with Gasteiger partial charge in [-0.3, -0.25) is 4.79 Å². The number of rotatable bonds is 8. The van der Waals surface area contributed by atoms with Gasteiger partial charge in [-0.05, 0) is 31.2 Å². The van der Waals surface area contributed by atoms with Crippen LogP contribution in [0, 0.1) is 0 Å². The van der Waals surface area contributed by atoms with Crippen molar-refractivity contribution in [3.8, 4) is 17.3 Å². The fraction of sp³-hybridized carbons (Fsp3) is 0.143. The minimum atomic E-state index is -0.507. The first-order valence-electron chi connectivity index (χ1n) is 9.47. The molecule has 2 heterocycles. The molecule has 4 aromatic rings. The van der Waals surface area contributed by atoms with Crippen LogP contribution in [-0.2, 0) is 16.4 Å². The summed E-state index contributed by atoms with van der Waals surface area (Å²) in [6.07, 6.45) is 0. The molecule has 0 spiro atoms. The van der Waals surface area contributed by atoms with Gasteiger partial charge in [0.2, 0.25) is 16.7 Å². The molecule has 0 aliphatic carbocycles. The Kier molecular flexibility index (Phi) is 6.32. The second-order valence-corrected chi connectivity index (χ2v) is 7.10. The molecular weight excluding hydrogens is 418 g/mol. The lowest BCUT2D eigenvalue weighted by atomic mass is 10.3. The van der Waals surface area contributed by atoms with Crippen LogP contribution in [0.2, 0.25) is 0 Å². The molecule has 0 aliphatic rings. The van der Waals surface area contributed by atoms with Crippen LogP contribution in [0.3, 0.4) is 0 Å². The molecule has 0 aliphatic heterocycles. The van der Waals surface area contributed by atoms with E-state index >= 15 is 0 Å². The van der Waals surface area contributed by atoms with E-state index in [1.807, 2.05) is 43.3 Å². The lowest BCUT2D eigenvalue weighted by Gasteiger charge is -2.12. The SMILES string of the molecule is CCOOCc1csc(N=Nc2c(O)n(-c3ccccc3)n(-c3ccccc3)c2=O)n1. The fourth-order valence-electron chi connectivity index (χ4n) is 2.86. The average Bonchev–Trinajstić information content (AvgIpc) is 3.35. The van der Waals surface area contributed by atoms with E-state index in [1.165, 1.54) is 20.7 Å². The van der Waals surface area contributed by atoms with Gasteiger partial charge in [0.25, 0.3) is 0 Å². The van der Waals surface area contributed by atoms with Crippen molar-refractivity contribution in [1.82, 2.24) is 14.3 Å². The van der Waals surface area contributed by atoms with Gasteiger partial charge < -0.3 is 5.11 Å². The first kappa shape index (κ1) is 20.7. The second kappa shape index (κ2) is 9.47. The zero-order chi connectivity index (χ0) is 21.6. The number of aromatic nitrogens is 3. The summed E-state index contributed by atoms with van der Waals surface area (Å²) in [5, 5.41) is 21.0. The van der Waals surface area contributed by atoms with Crippen LogP contribution < -0.4 is 5.56 Å². The third-order valence-corrected chi connectivity index (χ3v) is 4.97. The maximum Gasteiger partial charge on any atom is 0.303 e. The summed E-state index contributed by atoms with van der Waals surface area (Å²) in [5.41, 5.74) is 1.12. The van der Waals surface area contributed by atoms with Gasteiger partial charge in [-0.25, -0.2) is 24.1 Å². The van der Waals surface area contributed by atoms with E-state index < -0.39 is 5.56 Å². The molecule has 0 amide bonds. The van der Waals surface area contributed by atoms with Gasteiger partial charge in [0.1, 0.15) is 6.61 Å². The average molecular weight is 437 g/mol. The van der Waals surface area contributed by atoms with E-state index in [-0.39, 0.29) is 18.2 Å². The van der Waals surface area contributed by atoms with Crippen molar-refractivity contribution in [3.63, 3.8) is 0 Å². The van der Waals surface area contributed by atoms with Crippen molar-refractivity contribution in [1.29, 1.82) is 0 Å². The van der Waals surface area contributed by atoms with E-state index in [0.29, 0.717) is 28.8 Å². The highest BCUT2D eigenvalue weighted by atomic mass is 32.1. The Balaban J connectivity index is 1.73. The molecule has 4 rings (SSSR count). The summed E-state index contributed by atoms with van der Waals surface area (Å²) in [4.78, 5) is 27.2. The molecule has 158 valence electrons. The number of para-hydroxylation sites is 2. The Morgan fingerprint density at radius 1 is 0.968 bits per heavy atom. The summed E-state index contributed by atoms with van der Waals surface area (Å²) in [6, 6.07) is 18.1. The quantitative estimate of drug-likeness (QED) is 0.187. The molecule has 0 bridgehead atoms. The smallest absolute Gasteiger partial charge is 0.303 e. The molecule has 2 aromatic heterocycles. The zero-order valence-electron chi connectivity index (χ0n) is 16.6. The largest absolute Gasteiger partial charge is 0.492 e. The molecule has 10 heteroatoms. The number of azo groups is 1. The highest BCUT2D eigenvalue weighted by molar-refractivity contribution is 7.13. The molecule has 0 unspecified atom stereocenters. The summed E-state index contributed by atoms with van der Waals surface area (Å²) in [6.45, 7) is 2.43. The monoisotopic (exact) mass is 437 g/mol. The van der Waals surface area contributed by atoms with Gasteiger partial charge >= 0.3 is 5.56 Å². The van der Waals surface area contributed by atoms with E-state index in [9.17, 15) is 9.90 Å². The maximum atomic E-state index is 13.2. The molecule has 1 N–H and O–H groups in total. The highest BCUT2D eigenvalue weighted by Gasteiger charge is 2.22. The topological polar surface area (TPSA) is 103 Å². The van der Waals surface area contributed by atoms with Crippen molar-refractivity contribution >= 4 is 22.2 Å². The van der Waals surface area contributed by atoms with Crippen LogP contribution in [0.1, 0.15) is 12.6 Å². The van der Waals surface area contributed by atoms with Crippen LogP contribution in [0.15, 0.2) is 81.1 Å². The summed E-state index contributed by atoms with van der Waals surface area (Å²) >= 11 is 1.24. The molecule has 31 heavy (non-hydrogen) atoms. The van der Waals surface area contributed by atoms with E-state index in [2.05, 4.69) is 15.2 Å². The zero-order valence-corrected chi connectivity index (χ0v) is 17.4. The maximum absolute atomic E-state index is 13.2. The lowest BCUT2D eigenvalue weighted by molar-refractivity contribution is -0.301. The highest BCUT2D eigenvalue weighted by Crippen LogP contribution is 2.30. The van der Waals surface area contributed by atoms with Crippen LogP contribution in [-0.4, -0.2) is 26.1 Å². The van der Waals surface area contributed by atoms with Gasteiger partial charge in [0.15, 0.2) is 0 Å². The molecule has 0 saturated heterocycles. The predicted octanol–water partition coefficient (Wildman–Crippen LogP) is 4.67. The molecule has 0 saturated carbocycles. The van der Waals surface area contributed by atoms with Crippen molar-refractivity contribution in [2.24, 2.45) is 10.2 Å². The standard InChI is InChI=1S/C21H19N5O4S/c1-2-29-30-13-15-14-31-21(22-15)24-23-18-19(27)25(16-9-5-3-6-10-16)26(20(18)28)17-11-7-4-8-12-17/h3-12,14,27H,2,13H2,1H3. The molecule has 9 nitrogen and oxygen atoms in total. The molecule has 2 aromatic carbocycles. The van der Waals surface area contributed by atoms with Gasteiger partial charge in [0.05, 0.1) is 23.7 Å². The number of nitrogens with zero attached hydrogens (tertiary/aromatic N) is 5. The van der Waals surface area contributed by atoms with E-state index in [1.54, 1.807) is 29.6 Å². The number of hydrogen-bond acceptors (Lipinski definition) is 8. The van der Waals surface area contributed by atoms with Crippen molar-refractivity contribution < 1.29 is 14.9 Å². The third kappa shape index (κ3) is 4.45. The number of thiazole rings is 1. The third-order valence-electron chi connectivity index (χ3n) is 4.19. The van der Waals surface area contributed by atoms with Crippen molar-refractivity contribution in [2.75, 3.05) is 6.61 Å². The van der Waals surface area contributed by atoms with Crippen LogP contribution in [0.4, 0.5) is 10.8 Å². The van der Waals surface area contributed by atoms with E-state index in [0.717, 1.165) is 0 Å². The minimum absolute atomic E-state index is 0.177. The first-order valence-corrected chi connectivity index (χ1v) is 10.4. The molecule has 0 atom stereocenters. The van der Waals surface area contributed by atoms with Crippen molar-refractivity contribution in [2.45, 2.75) is 13.5 Å². The molecular formula is C21H19N5O4S. The second-order valence-electron chi connectivity index (χ2n) is 6.26. The Morgan fingerprint density at radius 3 is 2.26 bits per heavy atom. The van der Waals surface area contributed by atoms with Gasteiger partial charge in [0, 0.05) is 5.38 Å². The Bertz CT molecular complexity index is 1230. The Morgan fingerprint density at radius 2 is 1.61 bits per heavy atom. The Labute approximate surface area is 181 Å². The van der Waals surface area contributed by atoms with E-state index in [4.69, 9.17) is 9.78 Å². The number of hydrogen-bond donors (Lipinski definition) is 1. The fourth-order valence-corrected chi connectivity index (χ4v) is 3.48. The Hall–Kier alpha value is -3.60. The van der Waals surface area contributed by atoms with Gasteiger partial charge in [-0.2, -0.15) is 0 Å². The van der Waals surface area contributed by atoms with Crippen LogP contribution in [0.5, 0.6) is 5.88 Å². The minimum Gasteiger partial charge on any atom is -0.492 e. The molecule has 0 fully saturated rings. The van der Waals surface area contributed by atoms with Crippen LogP contribution >= 0.6 is 11.3 Å². The molecule has 0 radical (unpaired) electrons. The number of aromatic hydroxyl groups is 1. The summed E-state index contributed by atoms with van der Waals surface area (Å²) in [7, 11) is 0. The van der Waals surface area contributed by atoms with Crippen LogP contribution in [0.25, 0.3) is 11.4 Å². The number of benzene rings is 2. The van der Waals surface area contributed by atoms with Gasteiger partial charge in [-0.1, -0.05) is 36.4 Å².